The molecule has 0 radical (unpaired) electrons. The van der Waals surface area contributed by atoms with E-state index in [-0.39, 0.29) is 12.1 Å². The predicted octanol–water partition coefficient (Wildman–Crippen LogP) is 3.45. The van der Waals surface area contributed by atoms with Crippen LogP contribution in [0.2, 0.25) is 0 Å². The Morgan fingerprint density at radius 1 is 1.21 bits per heavy atom. The lowest BCUT2D eigenvalue weighted by molar-refractivity contribution is 0.230. The van der Waals surface area contributed by atoms with Gasteiger partial charge in [-0.3, -0.25) is 0 Å². The molecule has 0 bridgehead atoms. The smallest absolute Gasteiger partial charge is 0.315 e. The first-order valence-electron chi connectivity index (χ1n) is 8.74. The Bertz CT molecular complexity index is 671. The Balaban J connectivity index is 1.76. The van der Waals surface area contributed by atoms with Gasteiger partial charge in [-0.15, -0.1) is 0 Å². The van der Waals surface area contributed by atoms with E-state index in [4.69, 9.17) is 0 Å². The number of hydrogen-bond acceptors (Lipinski definition) is 2. The van der Waals surface area contributed by atoms with Crippen molar-refractivity contribution in [3.05, 3.63) is 53.6 Å². The standard InChI is InChI=1S/C19H26N4O/c1-14-8-10-15(11-9-14)17(18-20-12-13-23(18)2)22-19(24)21-16-6-4-3-5-7-16/h8-13,16-17H,3-7H2,1-2H3,(H2,21,22,24). The van der Waals surface area contributed by atoms with Gasteiger partial charge >= 0.3 is 6.03 Å². The van der Waals surface area contributed by atoms with E-state index in [0.29, 0.717) is 6.04 Å². The van der Waals surface area contributed by atoms with Crippen molar-refractivity contribution in [3.63, 3.8) is 0 Å². The van der Waals surface area contributed by atoms with Crippen LogP contribution in [0.1, 0.15) is 55.1 Å². The highest BCUT2D eigenvalue weighted by atomic mass is 16.2. The van der Waals surface area contributed by atoms with Crippen LogP contribution in [0, 0.1) is 6.92 Å². The molecule has 1 heterocycles. The number of nitrogens with one attached hydrogen (secondary N) is 2. The molecule has 5 nitrogen and oxygen atoms in total. The van der Waals surface area contributed by atoms with Crippen LogP contribution in [0.5, 0.6) is 0 Å². The molecule has 1 atom stereocenters. The molecule has 0 aliphatic heterocycles. The quantitative estimate of drug-likeness (QED) is 0.904. The maximum Gasteiger partial charge on any atom is 0.315 e. The SMILES string of the molecule is Cc1ccc(C(NC(=O)NC2CCCCC2)c2nccn2C)cc1. The summed E-state index contributed by atoms with van der Waals surface area (Å²) in [6.45, 7) is 2.06. The van der Waals surface area contributed by atoms with Crippen molar-refractivity contribution in [1.29, 1.82) is 0 Å². The van der Waals surface area contributed by atoms with Gasteiger partial charge in [0, 0.05) is 25.5 Å². The molecule has 24 heavy (non-hydrogen) atoms. The fourth-order valence-corrected chi connectivity index (χ4v) is 3.32. The molecular weight excluding hydrogens is 300 g/mol. The van der Waals surface area contributed by atoms with Crippen molar-refractivity contribution in [2.24, 2.45) is 7.05 Å². The summed E-state index contributed by atoms with van der Waals surface area (Å²) in [5, 5.41) is 6.23. The van der Waals surface area contributed by atoms with Gasteiger partial charge in [-0.05, 0) is 25.3 Å². The number of aromatic nitrogens is 2. The van der Waals surface area contributed by atoms with Crippen LogP contribution in [0.3, 0.4) is 0 Å². The van der Waals surface area contributed by atoms with E-state index in [9.17, 15) is 4.79 Å². The summed E-state index contributed by atoms with van der Waals surface area (Å²) >= 11 is 0. The van der Waals surface area contributed by atoms with Gasteiger partial charge in [0.15, 0.2) is 0 Å². The maximum absolute atomic E-state index is 12.5. The number of amides is 2. The van der Waals surface area contributed by atoms with Crippen molar-refractivity contribution in [2.45, 2.75) is 51.1 Å². The minimum absolute atomic E-state index is 0.115. The zero-order chi connectivity index (χ0) is 16.9. The number of nitrogens with zero attached hydrogens (tertiary/aromatic N) is 2. The van der Waals surface area contributed by atoms with Gasteiger partial charge in [0.25, 0.3) is 0 Å². The van der Waals surface area contributed by atoms with Gasteiger partial charge in [-0.2, -0.15) is 0 Å². The third-order valence-electron chi connectivity index (χ3n) is 4.74. The number of hydrogen-bond donors (Lipinski definition) is 2. The second kappa shape index (κ2) is 7.51. The molecule has 1 fully saturated rings. The van der Waals surface area contributed by atoms with Gasteiger partial charge in [0.1, 0.15) is 11.9 Å². The Kier molecular flexibility index (Phi) is 5.18. The molecule has 1 aliphatic rings. The molecule has 1 aromatic carbocycles. The summed E-state index contributed by atoms with van der Waals surface area (Å²) in [7, 11) is 1.95. The highest BCUT2D eigenvalue weighted by Crippen LogP contribution is 2.21. The van der Waals surface area contributed by atoms with Gasteiger partial charge < -0.3 is 15.2 Å². The summed E-state index contributed by atoms with van der Waals surface area (Å²) in [6, 6.07) is 8.15. The fourth-order valence-electron chi connectivity index (χ4n) is 3.32. The first-order valence-corrected chi connectivity index (χ1v) is 8.74. The Morgan fingerprint density at radius 2 is 1.92 bits per heavy atom. The molecule has 1 aromatic heterocycles. The van der Waals surface area contributed by atoms with Gasteiger partial charge in [0.05, 0.1) is 0 Å². The second-order valence-electron chi connectivity index (χ2n) is 6.69. The molecule has 5 heteroatoms. The molecule has 1 saturated carbocycles. The molecule has 2 N–H and O–H groups in total. The summed E-state index contributed by atoms with van der Waals surface area (Å²) < 4.78 is 1.95. The van der Waals surface area contributed by atoms with Crippen molar-refractivity contribution in [3.8, 4) is 0 Å². The average molecular weight is 326 g/mol. The molecule has 3 rings (SSSR count). The lowest BCUT2D eigenvalue weighted by Crippen LogP contribution is -2.44. The van der Waals surface area contributed by atoms with Crippen LogP contribution >= 0.6 is 0 Å². The summed E-state index contributed by atoms with van der Waals surface area (Å²) in [5.41, 5.74) is 2.23. The molecule has 2 aromatic rings. The molecule has 1 unspecified atom stereocenters. The lowest BCUT2D eigenvalue weighted by Gasteiger charge is -2.25. The molecule has 128 valence electrons. The van der Waals surface area contributed by atoms with Gasteiger partial charge in [-0.25, -0.2) is 9.78 Å². The normalized spacial score (nSPS) is 16.6. The van der Waals surface area contributed by atoms with Crippen LogP contribution in [0.4, 0.5) is 4.79 Å². The van der Waals surface area contributed by atoms with E-state index in [0.717, 1.165) is 24.2 Å². The first kappa shape index (κ1) is 16.6. The van der Waals surface area contributed by atoms with E-state index >= 15 is 0 Å². The van der Waals surface area contributed by atoms with E-state index in [1.165, 1.54) is 24.8 Å². The first-order chi connectivity index (χ1) is 11.6. The third-order valence-corrected chi connectivity index (χ3v) is 4.74. The minimum atomic E-state index is -0.255. The molecule has 2 amide bonds. The van der Waals surface area contributed by atoms with Crippen molar-refractivity contribution >= 4 is 6.03 Å². The predicted molar refractivity (Wildman–Crippen MR) is 94.8 cm³/mol. The van der Waals surface area contributed by atoms with E-state index in [1.54, 1.807) is 6.20 Å². The fraction of sp³-hybridized carbons (Fsp3) is 0.474. The number of carbonyl (C=O) groups excluding carboxylic acids is 1. The van der Waals surface area contributed by atoms with Crippen molar-refractivity contribution in [1.82, 2.24) is 20.2 Å². The van der Waals surface area contributed by atoms with Crippen LogP contribution in [0.15, 0.2) is 36.7 Å². The minimum Gasteiger partial charge on any atom is -0.336 e. The van der Waals surface area contributed by atoms with Crippen LogP contribution in [-0.2, 0) is 7.05 Å². The van der Waals surface area contributed by atoms with Crippen molar-refractivity contribution in [2.75, 3.05) is 0 Å². The summed E-state index contributed by atoms with van der Waals surface area (Å²) in [5.74, 6) is 0.831. The number of imidazole rings is 1. The lowest BCUT2D eigenvalue weighted by atomic mass is 9.96. The monoisotopic (exact) mass is 326 g/mol. The zero-order valence-corrected chi connectivity index (χ0v) is 14.5. The largest absolute Gasteiger partial charge is 0.336 e. The molecule has 0 saturated heterocycles. The van der Waals surface area contributed by atoms with Crippen LogP contribution in [0.25, 0.3) is 0 Å². The van der Waals surface area contributed by atoms with Crippen LogP contribution in [-0.4, -0.2) is 21.6 Å². The number of aryl methyl sites for hydroxylation is 2. The topological polar surface area (TPSA) is 59.0 Å². The average Bonchev–Trinajstić information content (AvgIpc) is 3.00. The highest BCUT2D eigenvalue weighted by Gasteiger charge is 2.22. The number of benzene rings is 1. The molecular formula is C19H26N4O. The number of carbonyl (C=O) groups is 1. The Labute approximate surface area is 143 Å². The maximum atomic E-state index is 12.5. The second-order valence-corrected chi connectivity index (χ2v) is 6.69. The third kappa shape index (κ3) is 3.96. The summed E-state index contributed by atoms with van der Waals surface area (Å²) in [6.07, 6.45) is 9.49. The van der Waals surface area contributed by atoms with Crippen LogP contribution < -0.4 is 10.6 Å². The highest BCUT2D eigenvalue weighted by molar-refractivity contribution is 5.75. The van der Waals surface area contributed by atoms with Gasteiger partial charge in [-0.1, -0.05) is 49.1 Å². The van der Waals surface area contributed by atoms with E-state index < -0.39 is 0 Å². The molecule has 0 spiro atoms. The van der Waals surface area contributed by atoms with Crippen molar-refractivity contribution < 1.29 is 4.79 Å². The number of rotatable bonds is 4. The zero-order valence-electron chi connectivity index (χ0n) is 14.5. The summed E-state index contributed by atoms with van der Waals surface area (Å²) in [4.78, 5) is 16.9. The molecule has 1 aliphatic carbocycles. The Morgan fingerprint density at radius 3 is 2.54 bits per heavy atom. The number of urea groups is 1. The van der Waals surface area contributed by atoms with E-state index in [2.05, 4.69) is 46.8 Å². The van der Waals surface area contributed by atoms with E-state index in [1.807, 2.05) is 17.8 Å². The van der Waals surface area contributed by atoms with Gasteiger partial charge in [0.2, 0.25) is 0 Å². The Hall–Kier alpha value is -2.30.